The number of carbonyl (C=O) groups is 2. The molecule has 0 spiro atoms. The van der Waals surface area contributed by atoms with Gasteiger partial charge in [-0.15, -0.1) is 0 Å². The van der Waals surface area contributed by atoms with Crippen molar-refractivity contribution in [3.63, 3.8) is 0 Å². The van der Waals surface area contributed by atoms with Crippen molar-refractivity contribution < 1.29 is 9.59 Å². The number of hydrogen-bond donors (Lipinski definition) is 3. The molecular weight excluding hydrogens is 254 g/mol. The van der Waals surface area contributed by atoms with Gasteiger partial charge in [-0.05, 0) is 31.0 Å². The van der Waals surface area contributed by atoms with E-state index in [9.17, 15) is 9.59 Å². The molecule has 0 bridgehead atoms. The first-order valence-corrected chi connectivity index (χ1v) is 5.96. The molecule has 0 saturated carbocycles. The third-order valence-corrected chi connectivity index (χ3v) is 2.92. The topological polar surface area (TPSA) is 84.2 Å². The minimum absolute atomic E-state index is 0.148. The molecule has 5 nitrogen and oxygen atoms in total. The van der Waals surface area contributed by atoms with E-state index in [0.29, 0.717) is 17.1 Å². The summed E-state index contributed by atoms with van der Waals surface area (Å²) in [7, 11) is 0. The summed E-state index contributed by atoms with van der Waals surface area (Å²) < 4.78 is 0. The molecule has 6 heteroatoms. The second-order valence-electron chi connectivity index (χ2n) is 3.88. The fourth-order valence-electron chi connectivity index (χ4n) is 1.44. The monoisotopic (exact) mass is 269 g/mol. The lowest BCUT2D eigenvalue weighted by Gasteiger charge is -2.09. The average Bonchev–Trinajstić information content (AvgIpc) is 2.34. The molecule has 0 saturated heterocycles. The van der Waals surface area contributed by atoms with Crippen LogP contribution in [0.3, 0.4) is 0 Å². The summed E-state index contributed by atoms with van der Waals surface area (Å²) in [6.45, 7) is 1.83. The van der Waals surface area contributed by atoms with Crippen LogP contribution in [-0.4, -0.2) is 11.8 Å². The van der Waals surface area contributed by atoms with Crippen LogP contribution in [0.1, 0.15) is 24.8 Å². The number of nitrogens with one attached hydrogen (secondary N) is 2. The van der Waals surface area contributed by atoms with Gasteiger partial charge >= 0.3 is 0 Å². The Kier molecular flexibility index (Phi) is 5.61. The van der Waals surface area contributed by atoms with Crippen LogP contribution >= 0.6 is 11.6 Å². The van der Waals surface area contributed by atoms with Crippen molar-refractivity contribution in [2.45, 2.75) is 26.2 Å². The number of anilines is 1. The normalized spacial score (nSPS) is 9.94. The predicted molar refractivity (Wildman–Crippen MR) is 71.0 cm³/mol. The number of amides is 2. The molecule has 4 N–H and O–H groups in total. The molecule has 0 aliphatic heterocycles. The summed E-state index contributed by atoms with van der Waals surface area (Å²) in [4.78, 5) is 22.5. The molecule has 0 aliphatic rings. The van der Waals surface area contributed by atoms with E-state index in [2.05, 4.69) is 5.32 Å². The highest BCUT2D eigenvalue weighted by molar-refractivity contribution is 6.31. The SMILES string of the molecule is Cc1c(Cl)cccc1NC(=O)CCCC(=O)NN. The summed E-state index contributed by atoms with van der Waals surface area (Å²) >= 11 is 5.94. The molecule has 0 unspecified atom stereocenters. The molecule has 0 aromatic heterocycles. The highest BCUT2D eigenvalue weighted by atomic mass is 35.5. The van der Waals surface area contributed by atoms with Gasteiger partial charge in [-0.3, -0.25) is 15.0 Å². The van der Waals surface area contributed by atoms with Crippen LogP contribution in [0, 0.1) is 6.92 Å². The summed E-state index contributed by atoms with van der Waals surface area (Å²) in [5.74, 6) is 4.51. The van der Waals surface area contributed by atoms with E-state index in [1.807, 2.05) is 12.3 Å². The maximum Gasteiger partial charge on any atom is 0.233 e. The van der Waals surface area contributed by atoms with Gasteiger partial charge in [-0.25, -0.2) is 5.84 Å². The quantitative estimate of drug-likeness (QED) is 0.432. The van der Waals surface area contributed by atoms with Gasteiger partial charge in [0, 0.05) is 23.6 Å². The van der Waals surface area contributed by atoms with Gasteiger partial charge in [0.1, 0.15) is 0 Å². The van der Waals surface area contributed by atoms with Crippen LogP contribution in [0.5, 0.6) is 0 Å². The van der Waals surface area contributed by atoms with Gasteiger partial charge in [0.05, 0.1) is 0 Å². The van der Waals surface area contributed by atoms with Gasteiger partial charge in [-0.2, -0.15) is 0 Å². The first kappa shape index (κ1) is 14.5. The Bertz CT molecular complexity index is 449. The number of halogens is 1. The molecule has 0 atom stereocenters. The fraction of sp³-hybridized carbons (Fsp3) is 0.333. The molecule has 1 rings (SSSR count). The summed E-state index contributed by atoms with van der Waals surface area (Å²) in [5.41, 5.74) is 3.53. The van der Waals surface area contributed by atoms with Crippen molar-refractivity contribution in [2.75, 3.05) is 5.32 Å². The standard InChI is InChI=1S/C12H16ClN3O2/c1-8-9(13)4-2-5-10(8)15-11(17)6-3-7-12(18)16-14/h2,4-5H,3,6-7,14H2,1H3,(H,15,17)(H,16,18). The van der Waals surface area contributed by atoms with E-state index < -0.39 is 0 Å². The van der Waals surface area contributed by atoms with E-state index >= 15 is 0 Å². The van der Waals surface area contributed by atoms with E-state index in [1.54, 1.807) is 18.2 Å². The Labute approximate surface area is 111 Å². The van der Waals surface area contributed by atoms with E-state index in [0.717, 1.165) is 5.56 Å². The Morgan fingerprint density at radius 3 is 2.61 bits per heavy atom. The molecular formula is C12H16ClN3O2. The second-order valence-corrected chi connectivity index (χ2v) is 4.29. The summed E-state index contributed by atoms with van der Waals surface area (Å²) in [6, 6.07) is 5.32. The van der Waals surface area contributed by atoms with Gasteiger partial charge in [0.2, 0.25) is 11.8 Å². The number of hydrogen-bond acceptors (Lipinski definition) is 3. The van der Waals surface area contributed by atoms with Crippen LogP contribution in [0.15, 0.2) is 18.2 Å². The number of carbonyl (C=O) groups excluding carboxylic acids is 2. The van der Waals surface area contributed by atoms with Crippen molar-refractivity contribution in [2.24, 2.45) is 5.84 Å². The van der Waals surface area contributed by atoms with Crippen LogP contribution < -0.4 is 16.6 Å². The second kappa shape index (κ2) is 6.98. The lowest BCUT2D eigenvalue weighted by atomic mass is 10.2. The highest BCUT2D eigenvalue weighted by Crippen LogP contribution is 2.23. The third kappa shape index (κ3) is 4.35. The van der Waals surface area contributed by atoms with E-state index in [1.165, 1.54) is 0 Å². The minimum Gasteiger partial charge on any atom is -0.326 e. The zero-order valence-corrected chi connectivity index (χ0v) is 10.9. The maximum atomic E-state index is 11.6. The van der Waals surface area contributed by atoms with E-state index in [4.69, 9.17) is 17.4 Å². The number of rotatable bonds is 5. The number of hydrazine groups is 1. The van der Waals surface area contributed by atoms with Gasteiger partial charge in [0.15, 0.2) is 0 Å². The Morgan fingerprint density at radius 2 is 1.94 bits per heavy atom. The van der Waals surface area contributed by atoms with Crippen LogP contribution in [-0.2, 0) is 9.59 Å². The molecule has 0 fully saturated rings. The Morgan fingerprint density at radius 1 is 1.28 bits per heavy atom. The zero-order valence-electron chi connectivity index (χ0n) is 10.1. The van der Waals surface area contributed by atoms with E-state index in [-0.39, 0.29) is 24.7 Å². The van der Waals surface area contributed by atoms with Crippen LogP contribution in [0.2, 0.25) is 5.02 Å². The Balaban J connectivity index is 2.45. The Hall–Kier alpha value is -1.59. The summed E-state index contributed by atoms with van der Waals surface area (Å²) in [6.07, 6.45) is 0.951. The van der Waals surface area contributed by atoms with Crippen molar-refractivity contribution in [3.05, 3.63) is 28.8 Å². The van der Waals surface area contributed by atoms with Gasteiger partial charge < -0.3 is 5.32 Å². The summed E-state index contributed by atoms with van der Waals surface area (Å²) in [5, 5.41) is 3.36. The molecule has 0 radical (unpaired) electrons. The zero-order chi connectivity index (χ0) is 13.5. The van der Waals surface area contributed by atoms with Gasteiger partial charge in [0.25, 0.3) is 0 Å². The fourth-order valence-corrected chi connectivity index (χ4v) is 1.61. The minimum atomic E-state index is -0.276. The average molecular weight is 270 g/mol. The number of nitrogens with two attached hydrogens (primary N) is 1. The molecule has 0 heterocycles. The van der Waals surface area contributed by atoms with Crippen molar-refractivity contribution >= 4 is 29.1 Å². The van der Waals surface area contributed by atoms with Crippen molar-refractivity contribution in [1.82, 2.24) is 5.43 Å². The largest absolute Gasteiger partial charge is 0.326 e. The van der Waals surface area contributed by atoms with Crippen LogP contribution in [0.4, 0.5) is 5.69 Å². The molecule has 18 heavy (non-hydrogen) atoms. The first-order chi connectivity index (χ1) is 8.54. The van der Waals surface area contributed by atoms with Crippen LogP contribution in [0.25, 0.3) is 0 Å². The maximum absolute atomic E-state index is 11.6. The lowest BCUT2D eigenvalue weighted by Crippen LogP contribution is -2.29. The first-order valence-electron chi connectivity index (χ1n) is 5.59. The predicted octanol–water partition coefficient (Wildman–Crippen LogP) is 1.75. The molecule has 1 aromatic carbocycles. The highest BCUT2D eigenvalue weighted by Gasteiger charge is 2.07. The molecule has 2 amide bonds. The molecule has 1 aromatic rings. The molecule has 98 valence electrons. The lowest BCUT2D eigenvalue weighted by molar-refractivity contribution is -0.121. The van der Waals surface area contributed by atoms with Gasteiger partial charge in [-0.1, -0.05) is 17.7 Å². The van der Waals surface area contributed by atoms with Crippen molar-refractivity contribution in [3.8, 4) is 0 Å². The third-order valence-electron chi connectivity index (χ3n) is 2.51. The van der Waals surface area contributed by atoms with Crippen molar-refractivity contribution in [1.29, 1.82) is 0 Å². The number of benzene rings is 1. The smallest absolute Gasteiger partial charge is 0.233 e. The molecule has 0 aliphatic carbocycles.